The molecule has 4 heteroatoms. The van der Waals surface area contributed by atoms with Gasteiger partial charge in [0.25, 0.3) is 0 Å². The molecule has 1 aromatic rings. The van der Waals surface area contributed by atoms with Crippen LogP contribution in [0.15, 0.2) is 24.3 Å². The number of hydrogen-bond donors (Lipinski definition) is 1. The zero-order valence-electron chi connectivity index (χ0n) is 8.25. The number of benzene rings is 1. The van der Waals surface area contributed by atoms with E-state index in [4.69, 9.17) is 0 Å². The van der Waals surface area contributed by atoms with Crippen molar-refractivity contribution >= 4 is 12.1 Å². The summed E-state index contributed by atoms with van der Waals surface area (Å²) in [6, 6.07) is 6.30. The largest absolute Gasteiger partial charge is 0.371 e. The molecule has 0 amide bonds. The zero-order valence-corrected chi connectivity index (χ0v) is 8.25. The summed E-state index contributed by atoms with van der Waals surface area (Å²) in [7, 11) is 1.55. The highest BCUT2D eigenvalue weighted by Crippen LogP contribution is 2.29. The number of rotatable bonds is 1. The minimum Gasteiger partial charge on any atom is -0.371 e. The van der Waals surface area contributed by atoms with E-state index >= 15 is 0 Å². The van der Waals surface area contributed by atoms with Crippen molar-refractivity contribution in [3.8, 4) is 0 Å². The van der Waals surface area contributed by atoms with Crippen LogP contribution in [-0.2, 0) is 4.79 Å². The van der Waals surface area contributed by atoms with Crippen LogP contribution in [0.4, 0.5) is 0 Å². The summed E-state index contributed by atoms with van der Waals surface area (Å²) in [5.41, 5.74) is 1.09. The summed E-state index contributed by atoms with van der Waals surface area (Å²) in [5, 5.41) is 9.61. The van der Waals surface area contributed by atoms with Gasteiger partial charge in [-0.3, -0.25) is 9.69 Å². The third-order valence-corrected chi connectivity index (χ3v) is 2.73. The number of carbonyl (C=O) groups is 2. The average Bonchev–Trinajstić information content (AvgIpc) is 2.27. The molecule has 0 bridgehead atoms. The first-order valence-corrected chi connectivity index (χ1v) is 4.65. The van der Waals surface area contributed by atoms with E-state index < -0.39 is 12.3 Å². The number of hydrogen-bond acceptors (Lipinski definition) is 4. The maximum Gasteiger partial charge on any atom is 0.206 e. The van der Waals surface area contributed by atoms with Crippen molar-refractivity contribution < 1.29 is 14.7 Å². The van der Waals surface area contributed by atoms with Gasteiger partial charge in [0.15, 0.2) is 6.23 Å². The molecule has 0 aromatic heterocycles. The van der Waals surface area contributed by atoms with Crippen LogP contribution < -0.4 is 0 Å². The molecule has 2 atom stereocenters. The predicted octanol–water partition coefficient (Wildman–Crippen LogP) is 0.373. The van der Waals surface area contributed by atoms with Gasteiger partial charge in [-0.15, -0.1) is 0 Å². The van der Waals surface area contributed by atoms with Crippen LogP contribution >= 0.6 is 0 Å². The van der Waals surface area contributed by atoms with Gasteiger partial charge in [-0.25, -0.2) is 0 Å². The van der Waals surface area contributed by atoms with Gasteiger partial charge in [0.2, 0.25) is 5.78 Å². The Kier molecular flexibility index (Phi) is 2.38. The Labute approximate surface area is 87.1 Å². The highest BCUT2D eigenvalue weighted by Gasteiger charge is 2.36. The summed E-state index contributed by atoms with van der Waals surface area (Å²) in [4.78, 5) is 24.0. The van der Waals surface area contributed by atoms with Crippen LogP contribution in [0.2, 0.25) is 0 Å². The number of Topliss-reactive ketones (excluding diaryl/α,β-unsaturated/α-hetero) is 1. The van der Waals surface area contributed by atoms with Crippen LogP contribution in [0.1, 0.15) is 22.0 Å². The van der Waals surface area contributed by atoms with Crippen LogP contribution in [0.5, 0.6) is 0 Å². The lowest BCUT2D eigenvalue weighted by Crippen LogP contribution is -2.46. The second kappa shape index (κ2) is 3.56. The first-order valence-electron chi connectivity index (χ1n) is 4.65. The van der Waals surface area contributed by atoms with E-state index in [1.54, 1.807) is 31.3 Å². The fourth-order valence-corrected chi connectivity index (χ4v) is 1.84. The standard InChI is InChI=1S/C11H11NO3/c1-12-9(6-13)7-4-2-3-5-8(7)10(14)11(12)15/h2-6,9,11,15H,1H3. The molecule has 4 nitrogen and oxygen atoms in total. The molecule has 0 aliphatic carbocycles. The van der Waals surface area contributed by atoms with Crippen LogP contribution in [0, 0.1) is 0 Å². The molecule has 1 aliphatic heterocycles. The Balaban J connectivity index is 2.59. The highest BCUT2D eigenvalue weighted by molar-refractivity contribution is 6.02. The van der Waals surface area contributed by atoms with Crippen LogP contribution in [-0.4, -0.2) is 35.4 Å². The molecular formula is C11H11NO3. The Hall–Kier alpha value is -1.52. The van der Waals surface area contributed by atoms with E-state index in [0.717, 1.165) is 6.29 Å². The van der Waals surface area contributed by atoms with Crippen molar-refractivity contribution in [2.24, 2.45) is 0 Å². The molecule has 1 N–H and O–H groups in total. The average molecular weight is 205 g/mol. The van der Waals surface area contributed by atoms with Gasteiger partial charge in [0, 0.05) is 5.56 Å². The lowest BCUT2D eigenvalue weighted by molar-refractivity contribution is -0.115. The number of aldehydes is 1. The quantitative estimate of drug-likeness (QED) is 0.673. The van der Waals surface area contributed by atoms with Gasteiger partial charge in [-0.2, -0.15) is 0 Å². The molecule has 0 fully saturated rings. The number of aliphatic hydroxyl groups is 1. The van der Waals surface area contributed by atoms with E-state index in [9.17, 15) is 14.7 Å². The van der Waals surface area contributed by atoms with Gasteiger partial charge in [-0.05, 0) is 12.6 Å². The molecule has 78 valence electrons. The summed E-state index contributed by atoms with van der Waals surface area (Å²) < 4.78 is 0. The molecule has 1 aliphatic rings. The monoisotopic (exact) mass is 205 g/mol. The minimum absolute atomic E-state index is 0.355. The minimum atomic E-state index is -1.23. The SMILES string of the molecule is CN1C(O)C(=O)c2ccccc2C1C=O. The molecule has 0 saturated heterocycles. The van der Waals surface area contributed by atoms with Gasteiger partial charge < -0.3 is 9.90 Å². The van der Waals surface area contributed by atoms with E-state index in [1.165, 1.54) is 4.90 Å². The maximum atomic E-state index is 11.7. The number of fused-ring (bicyclic) bond motifs is 1. The highest BCUT2D eigenvalue weighted by atomic mass is 16.3. The van der Waals surface area contributed by atoms with Gasteiger partial charge in [0.1, 0.15) is 6.29 Å². The molecule has 0 saturated carbocycles. The Morgan fingerprint density at radius 1 is 1.40 bits per heavy atom. The van der Waals surface area contributed by atoms with Crippen molar-refractivity contribution in [1.29, 1.82) is 0 Å². The van der Waals surface area contributed by atoms with Crippen LogP contribution in [0.25, 0.3) is 0 Å². The summed E-state index contributed by atoms with van der Waals surface area (Å²) in [6.07, 6.45) is -0.496. The lowest BCUT2D eigenvalue weighted by atomic mass is 9.92. The topological polar surface area (TPSA) is 57.6 Å². The fraction of sp³-hybridized carbons (Fsp3) is 0.273. The maximum absolute atomic E-state index is 11.7. The number of carbonyl (C=O) groups excluding carboxylic acids is 2. The molecule has 1 aromatic carbocycles. The third-order valence-electron chi connectivity index (χ3n) is 2.73. The van der Waals surface area contributed by atoms with E-state index in [2.05, 4.69) is 0 Å². The Morgan fingerprint density at radius 3 is 2.73 bits per heavy atom. The molecular weight excluding hydrogens is 194 g/mol. The normalized spacial score (nSPS) is 26.1. The molecule has 1 heterocycles. The second-order valence-corrected chi connectivity index (χ2v) is 3.57. The molecule has 2 unspecified atom stereocenters. The van der Waals surface area contributed by atoms with Gasteiger partial charge >= 0.3 is 0 Å². The summed E-state index contributed by atoms with van der Waals surface area (Å²) in [6.45, 7) is 0. The molecule has 0 radical (unpaired) electrons. The van der Waals surface area contributed by atoms with Crippen molar-refractivity contribution in [1.82, 2.24) is 4.90 Å². The van der Waals surface area contributed by atoms with Crippen molar-refractivity contribution in [3.05, 3.63) is 35.4 Å². The molecule has 2 rings (SSSR count). The Bertz CT molecular complexity index is 416. The van der Waals surface area contributed by atoms with Gasteiger partial charge in [0.05, 0.1) is 6.04 Å². The third kappa shape index (κ3) is 1.38. The fourth-order valence-electron chi connectivity index (χ4n) is 1.84. The van der Waals surface area contributed by atoms with E-state index in [-0.39, 0.29) is 5.78 Å². The Morgan fingerprint density at radius 2 is 2.07 bits per heavy atom. The number of aliphatic hydroxyl groups excluding tert-OH is 1. The predicted molar refractivity (Wildman–Crippen MR) is 53.3 cm³/mol. The van der Waals surface area contributed by atoms with Crippen molar-refractivity contribution in [3.63, 3.8) is 0 Å². The van der Waals surface area contributed by atoms with Crippen molar-refractivity contribution in [2.75, 3.05) is 7.05 Å². The first-order chi connectivity index (χ1) is 7.16. The second-order valence-electron chi connectivity index (χ2n) is 3.57. The molecule has 0 spiro atoms. The summed E-state index contributed by atoms with van der Waals surface area (Å²) in [5.74, 6) is -0.355. The molecule has 15 heavy (non-hydrogen) atoms. The first kappa shape index (κ1) is 10.0. The van der Waals surface area contributed by atoms with Crippen LogP contribution in [0.3, 0.4) is 0 Å². The number of nitrogens with zero attached hydrogens (tertiary/aromatic N) is 1. The zero-order chi connectivity index (χ0) is 11.0. The number of likely N-dealkylation sites (N-methyl/N-ethyl adjacent to an activating group) is 1. The van der Waals surface area contributed by atoms with E-state index in [0.29, 0.717) is 11.1 Å². The smallest absolute Gasteiger partial charge is 0.206 e. The summed E-state index contributed by atoms with van der Waals surface area (Å²) >= 11 is 0. The van der Waals surface area contributed by atoms with Gasteiger partial charge in [-0.1, -0.05) is 24.3 Å². The van der Waals surface area contributed by atoms with Crippen molar-refractivity contribution in [2.45, 2.75) is 12.3 Å². The lowest BCUT2D eigenvalue weighted by Gasteiger charge is -2.33. The number of ketones is 1. The van der Waals surface area contributed by atoms with E-state index in [1.807, 2.05) is 0 Å².